The molecule has 0 radical (unpaired) electrons. The third kappa shape index (κ3) is 2.96. The van der Waals surface area contributed by atoms with Crippen LogP contribution < -0.4 is 5.32 Å². The zero-order valence-electron chi connectivity index (χ0n) is 10.1. The molecule has 0 amide bonds. The van der Waals surface area contributed by atoms with Gasteiger partial charge in [0.2, 0.25) is 0 Å². The second-order valence-corrected chi connectivity index (χ2v) is 4.67. The molecular formula is C12H26N2. The zero-order valence-corrected chi connectivity index (χ0v) is 10.1. The lowest BCUT2D eigenvalue weighted by Gasteiger charge is -2.50. The molecule has 2 nitrogen and oxygen atoms in total. The highest BCUT2D eigenvalue weighted by atomic mass is 15.2. The quantitative estimate of drug-likeness (QED) is 0.630. The van der Waals surface area contributed by atoms with Gasteiger partial charge in [-0.1, -0.05) is 20.8 Å². The monoisotopic (exact) mass is 198 g/mol. The Morgan fingerprint density at radius 1 is 1.07 bits per heavy atom. The maximum atomic E-state index is 3.46. The Bertz CT molecular complexity index is 144. The van der Waals surface area contributed by atoms with Crippen LogP contribution in [0.1, 0.15) is 40.0 Å². The first kappa shape index (κ1) is 12.0. The average molecular weight is 198 g/mol. The van der Waals surface area contributed by atoms with Crippen LogP contribution >= 0.6 is 0 Å². The van der Waals surface area contributed by atoms with Crippen molar-refractivity contribution in [3.05, 3.63) is 0 Å². The van der Waals surface area contributed by atoms with Gasteiger partial charge in [0.05, 0.1) is 0 Å². The summed E-state index contributed by atoms with van der Waals surface area (Å²) in [6.45, 7) is 13.1. The van der Waals surface area contributed by atoms with Gasteiger partial charge in [-0.3, -0.25) is 0 Å². The fourth-order valence-electron chi connectivity index (χ4n) is 2.30. The Morgan fingerprint density at radius 2 is 1.71 bits per heavy atom. The SMILES string of the molecule is CCCNCCN1CC(CC)(CC)C1. The van der Waals surface area contributed by atoms with E-state index in [2.05, 4.69) is 31.0 Å². The molecule has 0 aromatic rings. The highest BCUT2D eigenvalue weighted by Crippen LogP contribution is 2.36. The summed E-state index contributed by atoms with van der Waals surface area (Å²) in [4.78, 5) is 2.58. The van der Waals surface area contributed by atoms with Crippen molar-refractivity contribution in [1.29, 1.82) is 0 Å². The maximum absolute atomic E-state index is 3.46. The highest BCUT2D eigenvalue weighted by molar-refractivity contribution is 4.92. The van der Waals surface area contributed by atoms with E-state index in [-0.39, 0.29) is 0 Å². The summed E-state index contributed by atoms with van der Waals surface area (Å²) in [5.74, 6) is 0. The first-order chi connectivity index (χ1) is 6.76. The minimum atomic E-state index is 0.671. The molecule has 0 aromatic heterocycles. The Balaban J connectivity index is 2.03. The third-order valence-electron chi connectivity index (χ3n) is 3.65. The van der Waals surface area contributed by atoms with Gasteiger partial charge in [-0.2, -0.15) is 0 Å². The van der Waals surface area contributed by atoms with Crippen LogP contribution in [0.5, 0.6) is 0 Å². The summed E-state index contributed by atoms with van der Waals surface area (Å²) < 4.78 is 0. The van der Waals surface area contributed by atoms with Crippen molar-refractivity contribution in [1.82, 2.24) is 10.2 Å². The number of rotatable bonds is 7. The van der Waals surface area contributed by atoms with E-state index in [1.165, 1.54) is 45.4 Å². The van der Waals surface area contributed by atoms with Crippen LogP contribution in [0.4, 0.5) is 0 Å². The van der Waals surface area contributed by atoms with Crippen LogP contribution in [0.2, 0.25) is 0 Å². The van der Waals surface area contributed by atoms with Crippen molar-refractivity contribution in [2.45, 2.75) is 40.0 Å². The van der Waals surface area contributed by atoms with Crippen LogP contribution in [0.3, 0.4) is 0 Å². The molecule has 0 bridgehead atoms. The summed E-state index contributed by atoms with van der Waals surface area (Å²) in [5, 5.41) is 3.46. The molecule has 1 heterocycles. The maximum Gasteiger partial charge on any atom is 0.0107 e. The first-order valence-corrected chi connectivity index (χ1v) is 6.19. The molecule has 1 saturated heterocycles. The number of nitrogens with one attached hydrogen (secondary N) is 1. The van der Waals surface area contributed by atoms with E-state index in [1.807, 2.05) is 0 Å². The molecular weight excluding hydrogens is 172 g/mol. The lowest BCUT2D eigenvalue weighted by Crippen LogP contribution is -2.56. The van der Waals surface area contributed by atoms with Crippen LogP contribution in [-0.2, 0) is 0 Å². The van der Waals surface area contributed by atoms with Gasteiger partial charge in [-0.25, -0.2) is 0 Å². The lowest BCUT2D eigenvalue weighted by atomic mass is 9.75. The van der Waals surface area contributed by atoms with Gasteiger partial charge in [-0.15, -0.1) is 0 Å². The predicted octanol–water partition coefficient (Wildman–Crippen LogP) is 2.11. The minimum absolute atomic E-state index is 0.671. The average Bonchev–Trinajstić information content (AvgIpc) is 2.16. The molecule has 14 heavy (non-hydrogen) atoms. The van der Waals surface area contributed by atoms with E-state index in [0.29, 0.717) is 5.41 Å². The van der Waals surface area contributed by atoms with Crippen molar-refractivity contribution < 1.29 is 0 Å². The van der Waals surface area contributed by atoms with Crippen molar-refractivity contribution in [2.75, 3.05) is 32.7 Å². The Labute approximate surface area is 89.1 Å². The molecule has 0 aromatic carbocycles. The molecule has 2 heteroatoms. The molecule has 0 atom stereocenters. The fraction of sp³-hybridized carbons (Fsp3) is 1.00. The zero-order chi connectivity index (χ0) is 10.4. The third-order valence-corrected chi connectivity index (χ3v) is 3.65. The van der Waals surface area contributed by atoms with Crippen LogP contribution in [-0.4, -0.2) is 37.6 Å². The molecule has 0 spiro atoms. The predicted molar refractivity (Wildman–Crippen MR) is 62.6 cm³/mol. The summed E-state index contributed by atoms with van der Waals surface area (Å²) in [7, 11) is 0. The standard InChI is InChI=1S/C12H26N2/c1-4-7-13-8-9-14-10-12(5-2,6-3)11-14/h13H,4-11H2,1-3H3. The number of hydrogen-bond donors (Lipinski definition) is 1. The number of nitrogens with zero attached hydrogens (tertiary/aromatic N) is 1. The van der Waals surface area contributed by atoms with Gasteiger partial charge < -0.3 is 10.2 Å². The van der Waals surface area contributed by atoms with Crippen molar-refractivity contribution in [2.24, 2.45) is 5.41 Å². The van der Waals surface area contributed by atoms with Gasteiger partial charge in [0.15, 0.2) is 0 Å². The molecule has 0 saturated carbocycles. The van der Waals surface area contributed by atoms with Gasteiger partial charge in [0.1, 0.15) is 0 Å². The van der Waals surface area contributed by atoms with E-state index in [9.17, 15) is 0 Å². The first-order valence-electron chi connectivity index (χ1n) is 6.19. The Kier molecular flexibility index (Phi) is 4.90. The van der Waals surface area contributed by atoms with Crippen molar-refractivity contribution in [3.63, 3.8) is 0 Å². The molecule has 1 fully saturated rings. The summed E-state index contributed by atoms with van der Waals surface area (Å²) in [6.07, 6.45) is 3.94. The molecule has 1 rings (SSSR count). The van der Waals surface area contributed by atoms with E-state index in [1.54, 1.807) is 0 Å². The van der Waals surface area contributed by atoms with E-state index in [0.717, 1.165) is 6.54 Å². The Hall–Kier alpha value is -0.0800. The minimum Gasteiger partial charge on any atom is -0.315 e. The molecule has 0 unspecified atom stereocenters. The van der Waals surface area contributed by atoms with Crippen LogP contribution in [0.25, 0.3) is 0 Å². The molecule has 0 aliphatic carbocycles. The second-order valence-electron chi connectivity index (χ2n) is 4.67. The molecule has 1 aliphatic heterocycles. The summed E-state index contributed by atoms with van der Waals surface area (Å²) >= 11 is 0. The summed E-state index contributed by atoms with van der Waals surface area (Å²) in [6, 6.07) is 0. The van der Waals surface area contributed by atoms with Gasteiger partial charge in [0, 0.05) is 26.2 Å². The molecule has 1 aliphatic rings. The van der Waals surface area contributed by atoms with Gasteiger partial charge >= 0.3 is 0 Å². The lowest BCUT2D eigenvalue weighted by molar-refractivity contribution is -0.00460. The highest BCUT2D eigenvalue weighted by Gasteiger charge is 2.38. The van der Waals surface area contributed by atoms with Crippen LogP contribution in [0.15, 0.2) is 0 Å². The van der Waals surface area contributed by atoms with E-state index < -0.39 is 0 Å². The van der Waals surface area contributed by atoms with Gasteiger partial charge in [-0.05, 0) is 31.2 Å². The van der Waals surface area contributed by atoms with Crippen molar-refractivity contribution in [3.8, 4) is 0 Å². The number of likely N-dealkylation sites (tertiary alicyclic amines) is 1. The van der Waals surface area contributed by atoms with Crippen molar-refractivity contribution >= 4 is 0 Å². The second kappa shape index (κ2) is 5.72. The fourth-order valence-corrected chi connectivity index (χ4v) is 2.30. The largest absolute Gasteiger partial charge is 0.315 e. The smallest absolute Gasteiger partial charge is 0.0107 e. The topological polar surface area (TPSA) is 15.3 Å². The molecule has 1 N–H and O–H groups in total. The van der Waals surface area contributed by atoms with E-state index >= 15 is 0 Å². The van der Waals surface area contributed by atoms with Gasteiger partial charge in [0.25, 0.3) is 0 Å². The Morgan fingerprint density at radius 3 is 2.21 bits per heavy atom. The van der Waals surface area contributed by atoms with E-state index in [4.69, 9.17) is 0 Å². The number of hydrogen-bond acceptors (Lipinski definition) is 2. The normalized spacial score (nSPS) is 20.8. The molecule has 84 valence electrons. The summed E-state index contributed by atoms with van der Waals surface area (Å²) in [5.41, 5.74) is 0.671. The van der Waals surface area contributed by atoms with Crippen LogP contribution in [0, 0.1) is 5.41 Å².